The molecule has 0 radical (unpaired) electrons. The predicted octanol–water partition coefficient (Wildman–Crippen LogP) is -5.19. The number of phenols is 1. The maximum absolute atomic E-state index is 15.1. The number of carbonyl (C=O) groups is 16. The number of carbonyl (C=O) groups excluding carboxylic acids is 15. The second kappa shape index (κ2) is 53.2. The van der Waals surface area contributed by atoms with E-state index in [1.165, 1.54) is 34.1 Å². The van der Waals surface area contributed by atoms with Crippen molar-refractivity contribution in [2.45, 2.75) is 252 Å². The van der Waals surface area contributed by atoms with Crippen molar-refractivity contribution in [1.82, 2.24) is 78.9 Å². The molecule has 2 saturated heterocycles. The van der Waals surface area contributed by atoms with E-state index in [4.69, 9.17) is 40.1 Å². The van der Waals surface area contributed by atoms with E-state index in [2.05, 4.69) is 84.1 Å². The van der Waals surface area contributed by atoms with Gasteiger partial charge in [0, 0.05) is 39.1 Å². The summed E-state index contributed by atoms with van der Waals surface area (Å²) in [4.78, 5) is 236. The zero-order valence-corrected chi connectivity index (χ0v) is 72.4. The van der Waals surface area contributed by atoms with Gasteiger partial charge in [-0.25, -0.2) is 0 Å². The predicted molar refractivity (Wildman–Crippen MR) is 454 cm³/mol. The molecular weight excluding hydrogens is 1590 g/mol. The highest BCUT2D eigenvalue weighted by molar-refractivity contribution is 6.00. The number of amides is 15. The van der Waals surface area contributed by atoms with Gasteiger partial charge >= 0.3 is 5.97 Å². The molecule has 0 aromatic heterocycles. The second-order valence-corrected chi connectivity index (χ2v) is 32.7. The van der Waals surface area contributed by atoms with E-state index < -0.39 is 199 Å². The summed E-state index contributed by atoms with van der Waals surface area (Å²) in [6.45, 7) is 18.5. The molecule has 2 aliphatic heterocycles. The zero-order valence-electron chi connectivity index (χ0n) is 72.4. The highest BCUT2D eigenvalue weighted by Gasteiger charge is 2.43. The summed E-state index contributed by atoms with van der Waals surface area (Å²) in [5, 5.41) is 53.3. The van der Waals surface area contributed by atoms with Crippen molar-refractivity contribution in [2.75, 3.05) is 58.9 Å². The summed E-state index contributed by atoms with van der Waals surface area (Å²) in [7, 11) is 0. The zero-order chi connectivity index (χ0) is 91.8. The number of rotatable bonds is 53. The first-order valence-corrected chi connectivity index (χ1v) is 41.7. The fourth-order valence-electron chi connectivity index (χ4n) is 13.5. The lowest BCUT2D eigenvalue weighted by molar-refractivity contribution is -0.143. The first kappa shape index (κ1) is 104. The molecule has 0 aliphatic carbocycles. The Morgan fingerprint density at radius 3 is 1.28 bits per heavy atom. The average molecular weight is 1720 g/mol. The molecule has 2 aliphatic rings. The minimum atomic E-state index is -1.45. The number of hydrogen-bond donors (Lipinski definition) is 22. The standard InChI is InChI=1S/C79H135N25O18/c1-13-46(12)62(80)73(119)102-63(44(8)9)74(120)91-37-58(106)90-38-59(107)101-64(45(10)11)75(121)99-54(36-47-24-26-48(105)27-25-47)70(116)98-53(34-42(4)5)69(115)100-55(35-43(6)7)76(122)104-32-18-23-57(104)72(118)96-50(20-15-29-88-78(83)84)67(113)94-49(19-14-28-87-77(81)82)65(111)92-39-60(108)103-31-17-22-56(103)71(117)95-51(21-16-30-89-79(85)86)68(114)97-52(33-41(2)3)66(112)93-40-61(109)110/h24-27,41-46,49-57,62-64,105H,13-23,28-40,80H2,1-12H3,(H,90,106)(H,91,120)(H,92,111)(H,93,112)(H,94,113)(H,95,117)(H,96,118)(H,97,114)(H,98,116)(H,99,121)(H,100,115)(H,101,107)(H,102,119)(H,109,110)(H4,81,82,87)(H4,83,84,88)(H4,85,86,89)/t46-,49-,50-,51-,52-,53-,54-,55-,56-,57-,62-,63-,64-/m0/s1. The Morgan fingerprint density at radius 1 is 0.426 bits per heavy atom. The van der Waals surface area contributed by atoms with Gasteiger partial charge in [0.1, 0.15) is 78.8 Å². The summed E-state index contributed by atoms with van der Waals surface area (Å²) in [5.41, 5.74) is 40.0. The molecule has 684 valence electrons. The van der Waals surface area contributed by atoms with Crippen molar-refractivity contribution in [3.8, 4) is 5.75 Å². The molecule has 1 aromatic carbocycles. The van der Waals surface area contributed by atoms with Crippen LogP contribution >= 0.6 is 0 Å². The lowest BCUT2D eigenvalue weighted by atomic mass is 9.97. The molecule has 122 heavy (non-hydrogen) atoms. The molecule has 13 atom stereocenters. The van der Waals surface area contributed by atoms with Crippen LogP contribution in [0.2, 0.25) is 0 Å². The summed E-state index contributed by atoms with van der Waals surface area (Å²) in [6, 6.07) is -9.35. The number of carboxylic acid groups (broad SMARTS) is 1. The molecule has 0 saturated carbocycles. The number of aromatic hydroxyl groups is 1. The van der Waals surface area contributed by atoms with Gasteiger partial charge in [0.15, 0.2) is 17.9 Å². The smallest absolute Gasteiger partial charge is 0.322 e. The Labute approximate surface area is 712 Å². The lowest BCUT2D eigenvalue weighted by Crippen LogP contribution is -2.60. The number of nitrogens with zero attached hydrogens (tertiary/aromatic N) is 5. The summed E-state index contributed by atoms with van der Waals surface area (Å²) in [5.74, 6) is -15.6. The largest absolute Gasteiger partial charge is 0.508 e. The minimum Gasteiger partial charge on any atom is -0.508 e. The highest BCUT2D eigenvalue weighted by atomic mass is 16.4. The quantitative estimate of drug-likeness (QED) is 0.0165. The SMILES string of the molecule is CC[C@H](C)[C@H](N)C(=O)N[C@H](C(=O)NCC(=O)NCC(=O)N[C@H](C(=O)N[C@@H](Cc1ccc(O)cc1)C(=O)N[C@@H](CC(C)C)C(=O)N[C@@H](CC(C)C)C(=O)N1CCC[C@H]1C(=O)N[C@@H](CCCN=C(N)N)C(=O)N[C@@H](CCCN=C(N)N)C(=O)NCC(=O)N1CCC[C@H]1C(=O)N[C@@H](CCCN=C(N)N)C(=O)N[C@@H](CC(C)C)C(=O)NCC(=O)O)C(C)C)C(C)C. The number of phenolic OH excluding ortho intramolecular Hbond substituents is 1. The van der Waals surface area contributed by atoms with E-state index in [1.807, 2.05) is 6.92 Å². The topological polar surface area (TPSA) is 696 Å². The molecule has 2 fully saturated rings. The first-order valence-electron chi connectivity index (χ1n) is 41.7. The maximum atomic E-state index is 15.1. The highest BCUT2D eigenvalue weighted by Crippen LogP contribution is 2.24. The van der Waals surface area contributed by atoms with Crippen molar-refractivity contribution in [1.29, 1.82) is 0 Å². The number of benzene rings is 1. The Bertz CT molecular complexity index is 3790. The van der Waals surface area contributed by atoms with Crippen LogP contribution in [0.4, 0.5) is 0 Å². The number of nitrogens with one attached hydrogen (secondary N) is 13. The molecule has 43 heteroatoms. The van der Waals surface area contributed by atoms with Gasteiger partial charge in [-0.05, 0) is 137 Å². The van der Waals surface area contributed by atoms with Crippen molar-refractivity contribution in [3.63, 3.8) is 0 Å². The van der Waals surface area contributed by atoms with Crippen LogP contribution in [0.25, 0.3) is 0 Å². The molecule has 0 bridgehead atoms. The van der Waals surface area contributed by atoms with E-state index in [9.17, 15) is 82.1 Å². The molecule has 15 amide bonds. The molecule has 3 rings (SSSR count). The third kappa shape index (κ3) is 37.9. The number of likely N-dealkylation sites (tertiary alicyclic amines) is 2. The number of guanidine groups is 3. The Kier molecular flexibility index (Phi) is 45.5. The van der Waals surface area contributed by atoms with Gasteiger partial charge in [0.2, 0.25) is 88.6 Å². The van der Waals surface area contributed by atoms with E-state index in [-0.39, 0.29) is 163 Å². The Morgan fingerprint density at radius 2 is 0.811 bits per heavy atom. The van der Waals surface area contributed by atoms with E-state index in [0.29, 0.717) is 24.8 Å². The normalized spacial score (nSPS) is 16.4. The summed E-state index contributed by atoms with van der Waals surface area (Å²) >= 11 is 0. The number of nitrogens with two attached hydrogens (primary N) is 7. The fraction of sp³-hybridized carbons (Fsp3) is 0.684. The number of aliphatic carboxylic acids is 1. The van der Waals surface area contributed by atoms with Gasteiger partial charge in [0.05, 0.1) is 25.7 Å². The Balaban J connectivity index is 1.89. The average Bonchev–Trinajstić information content (AvgIpc) is 1.69. The third-order valence-electron chi connectivity index (χ3n) is 20.2. The fourth-order valence-corrected chi connectivity index (χ4v) is 13.5. The van der Waals surface area contributed by atoms with Gasteiger partial charge in [-0.2, -0.15) is 0 Å². The van der Waals surface area contributed by atoms with Gasteiger partial charge in [-0.15, -0.1) is 0 Å². The summed E-state index contributed by atoms with van der Waals surface area (Å²) in [6.07, 6.45) is 1.44. The molecular formula is C79H135N25O18. The molecule has 0 spiro atoms. The van der Waals surface area contributed by atoms with E-state index >= 15 is 4.79 Å². The van der Waals surface area contributed by atoms with Gasteiger partial charge < -0.3 is 129 Å². The number of carboxylic acids is 1. The molecule has 0 unspecified atom stereocenters. The number of aliphatic imine (C=N–C) groups is 3. The summed E-state index contributed by atoms with van der Waals surface area (Å²) < 4.78 is 0. The van der Waals surface area contributed by atoms with Crippen LogP contribution in [-0.4, -0.2) is 264 Å². The van der Waals surface area contributed by atoms with Gasteiger partial charge in [0.25, 0.3) is 0 Å². The van der Waals surface area contributed by atoms with Gasteiger partial charge in [-0.3, -0.25) is 91.7 Å². The minimum absolute atomic E-state index is 0.00272. The molecule has 1 aromatic rings. The lowest BCUT2D eigenvalue weighted by Gasteiger charge is -2.32. The first-order chi connectivity index (χ1) is 57.3. The van der Waals surface area contributed by atoms with Crippen LogP contribution in [0, 0.1) is 35.5 Å². The van der Waals surface area contributed by atoms with Crippen LogP contribution in [0.3, 0.4) is 0 Å². The third-order valence-corrected chi connectivity index (χ3v) is 20.2. The van der Waals surface area contributed by atoms with Crippen molar-refractivity contribution in [2.24, 2.45) is 90.6 Å². The molecule has 2 heterocycles. The van der Waals surface area contributed by atoms with Crippen molar-refractivity contribution in [3.05, 3.63) is 29.8 Å². The Hall–Kier alpha value is -11.7. The maximum Gasteiger partial charge on any atom is 0.322 e. The van der Waals surface area contributed by atoms with Crippen LogP contribution in [0.5, 0.6) is 5.75 Å². The van der Waals surface area contributed by atoms with E-state index in [1.54, 1.807) is 76.2 Å². The van der Waals surface area contributed by atoms with Gasteiger partial charge in [-0.1, -0.05) is 102 Å². The van der Waals surface area contributed by atoms with Crippen molar-refractivity contribution >= 4 is 112 Å². The molecule has 43 nitrogen and oxygen atoms in total. The monoisotopic (exact) mass is 1720 g/mol. The van der Waals surface area contributed by atoms with Crippen LogP contribution in [0.15, 0.2) is 39.2 Å². The second-order valence-electron chi connectivity index (χ2n) is 32.7. The van der Waals surface area contributed by atoms with Crippen molar-refractivity contribution < 1.29 is 86.9 Å². The van der Waals surface area contributed by atoms with Crippen LogP contribution < -0.4 is 109 Å². The van der Waals surface area contributed by atoms with Crippen LogP contribution in [-0.2, 0) is 83.1 Å². The van der Waals surface area contributed by atoms with Crippen LogP contribution in [0.1, 0.15) is 179 Å². The number of hydrogen-bond acceptors (Lipinski definition) is 21. The van der Waals surface area contributed by atoms with E-state index in [0.717, 1.165) is 0 Å². The molecule has 29 N–H and O–H groups in total.